The third-order valence-corrected chi connectivity index (χ3v) is 4.91. The molecule has 1 heterocycles. The fourth-order valence-corrected chi connectivity index (χ4v) is 3.51. The van der Waals surface area contributed by atoms with E-state index in [0.29, 0.717) is 10.5 Å². The zero-order valence-electron chi connectivity index (χ0n) is 11.8. The smallest absolute Gasteiger partial charge is 0.283 e. The fraction of sp³-hybridized carbons (Fsp3) is 0.600. The largest absolute Gasteiger partial charge is 0.296 e. The molecule has 0 spiro atoms. The van der Waals surface area contributed by atoms with E-state index in [-0.39, 0.29) is 10.6 Å². The average Bonchev–Trinajstić information content (AvgIpc) is 2.43. The topological polar surface area (TPSA) is 46.4 Å². The summed E-state index contributed by atoms with van der Waals surface area (Å²) in [4.78, 5) is 13.2. The molecule has 1 aliphatic heterocycles. The number of nitro benzene ring substituents is 1. The summed E-state index contributed by atoms with van der Waals surface area (Å²) in [7, 11) is 0. The molecule has 2 rings (SSSR count). The number of nitrogens with zero attached hydrogens (tertiary/aromatic N) is 2. The van der Waals surface area contributed by atoms with Crippen molar-refractivity contribution in [2.24, 2.45) is 0 Å². The molecular weight excluding hydrogens is 320 g/mol. The Kier molecular flexibility index (Phi) is 5.54. The first-order valence-corrected chi connectivity index (χ1v) is 8.08. The van der Waals surface area contributed by atoms with Crippen LogP contribution in [0.1, 0.15) is 44.6 Å². The molecule has 1 unspecified atom stereocenters. The number of likely N-dealkylation sites (tertiary alicyclic amines) is 1. The van der Waals surface area contributed by atoms with E-state index in [0.717, 1.165) is 18.7 Å². The summed E-state index contributed by atoms with van der Waals surface area (Å²) in [6, 6.07) is 5.93. The molecule has 110 valence electrons. The van der Waals surface area contributed by atoms with Crippen LogP contribution in [0.15, 0.2) is 22.7 Å². The van der Waals surface area contributed by atoms with Gasteiger partial charge in [-0.15, -0.1) is 0 Å². The molecule has 0 bridgehead atoms. The van der Waals surface area contributed by atoms with Gasteiger partial charge in [0.1, 0.15) is 0 Å². The number of halogens is 1. The maximum atomic E-state index is 11.0. The molecule has 1 aromatic rings. The van der Waals surface area contributed by atoms with Crippen molar-refractivity contribution in [3.8, 4) is 0 Å². The number of benzene rings is 1. The lowest BCUT2D eigenvalue weighted by molar-refractivity contribution is -0.385. The van der Waals surface area contributed by atoms with E-state index >= 15 is 0 Å². The minimum absolute atomic E-state index is 0.159. The van der Waals surface area contributed by atoms with Gasteiger partial charge >= 0.3 is 0 Å². The molecule has 1 aliphatic rings. The van der Waals surface area contributed by atoms with Crippen molar-refractivity contribution in [3.63, 3.8) is 0 Å². The normalized spacial score (nSPS) is 20.0. The Balaban J connectivity index is 2.16. The van der Waals surface area contributed by atoms with Gasteiger partial charge in [-0.05, 0) is 47.3 Å². The van der Waals surface area contributed by atoms with Crippen LogP contribution in [0.3, 0.4) is 0 Å². The predicted molar refractivity (Wildman–Crippen MR) is 83.8 cm³/mol. The number of piperidine rings is 1. The Morgan fingerprint density at radius 1 is 1.45 bits per heavy atom. The molecule has 1 atom stereocenters. The van der Waals surface area contributed by atoms with Crippen molar-refractivity contribution >= 4 is 21.6 Å². The maximum Gasteiger partial charge on any atom is 0.283 e. The van der Waals surface area contributed by atoms with Gasteiger partial charge in [0.2, 0.25) is 0 Å². The second-order valence-corrected chi connectivity index (χ2v) is 6.21. The Hall–Kier alpha value is -0.940. The lowest BCUT2D eigenvalue weighted by Crippen LogP contribution is -2.38. The maximum absolute atomic E-state index is 11.0. The van der Waals surface area contributed by atoms with Gasteiger partial charge in [-0.25, -0.2) is 0 Å². The van der Waals surface area contributed by atoms with Crippen molar-refractivity contribution in [1.82, 2.24) is 4.90 Å². The first-order valence-electron chi connectivity index (χ1n) is 7.29. The number of nitro groups is 1. The highest BCUT2D eigenvalue weighted by Gasteiger charge is 2.23. The highest BCUT2D eigenvalue weighted by Crippen LogP contribution is 2.31. The predicted octanol–water partition coefficient (Wildman–Crippen LogP) is 4.51. The average molecular weight is 341 g/mol. The van der Waals surface area contributed by atoms with Gasteiger partial charge in [0.25, 0.3) is 5.69 Å². The Morgan fingerprint density at radius 2 is 2.25 bits per heavy atom. The molecule has 4 nitrogen and oxygen atoms in total. The lowest BCUT2D eigenvalue weighted by atomic mass is 9.97. The zero-order valence-corrected chi connectivity index (χ0v) is 13.4. The van der Waals surface area contributed by atoms with Crippen LogP contribution in [-0.4, -0.2) is 22.4 Å². The second-order valence-electron chi connectivity index (χ2n) is 5.42. The fourth-order valence-electron chi connectivity index (χ4n) is 2.98. The SMILES string of the molecule is CCCC1CCCCN1Cc1cccc([N+](=O)[O-])c1Br. The molecule has 5 heteroatoms. The van der Waals surface area contributed by atoms with Crippen molar-refractivity contribution in [3.05, 3.63) is 38.3 Å². The van der Waals surface area contributed by atoms with Crippen LogP contribution in [0.25, 0.3) is 0 Å². The van der Waals surface area contributed by atoms with E-state index in [9.17, 15) is 10.1 Å². The van der Waals surface area contributed by atoms with E-state index in [1.165, 1.54) is 32.1 Å². The molecule has 0 saturated carbocycles. The monoisotopic (exact) mass is 340 g/mol. The molecule has 1 fully saturated rings. The lowest BCUT2D eigenvalue weighted by Gasteiger charge is -2.35. The molecule has 0 N–H and O–H groups in total. The van der Waals surface area contributed by atoms with E-state index in [1.54, 1.807) is 12.1 Å². The minimum Gasteiger partial charge on any atom is -0.296 e. The summed E-state index contributed by atoms with van der Waals surface area (Å²) in [6.45, 7) is 4.11. The molecule has 0 aromatic heterocycles. The van der Waals surface area contributed by atoms with Crippen molar-refractivity contribution in [2.75, 3.05) is 6.54 Å². The summed E-state index contributed by atoms with van der Waals surface area (Å²) in [6.07, 6.45) is 6.19. The van der Waals surface area contributed by atoms with Crippen LogP contribution >= 0.6 is 15.9 Å². The molecule has 0 aliphatic carbocycles. The highest BCUT2D eigenvalue weighted by atomic mass is 79.9. The van der Waals surface area contributed by atoms with E-state index in [4.69, 9.17) is 0 Å². The van der Waals surface area contributed by atoms with Crippen molar-refractivity contribution in [1.29, 1.82) is 0 Å². The number of hydrogen-bond donors (Lipinski definition) is 0. The molecule has 0 amide bonds. The van der Waals surface area contributed by atoms with E-state index in [2.05, 4.69) is 27.8 Å². The van der Waals surface area contributed by atoms with E-state index in [1.807, 2.05) is 6.07 Å². The molecule has 20 heavy (non-hydrogen) atoms. The van der Waals surface area contributed by atoms with E-state index < -0.39 is 0 Å². The second kappa shape index (κ2) is 7.18. The van der Waals surface area contributed by atoms with Crippen molar-refractivity contribution < 1.29 is 4.92 Å². The number of rotatable bonds is 5. The van der Waals surface area contributed by atoms with Crippen LogP contribution in [0.2, 0.25) is 0 Å². The third kappa shape index (κ3) is 3.58. The third-order valence-electron chi connectivity index (χ3n) is 4.00. The van der Waals surface area contributed by atoms with Gasteiger partial charge in [0.05, 0.1) is 9.40 Å². The summed E-state index contributed by atoms with van der Waals surface area (Å²) in [5, 5.41) is 11.0. The summed E-state index contributed by atoms with van der Waals surface area (Å²) in [5.41, 5.74) is 1.17. The highest BCUT2D eigenvalue weighted by molar-refractivity contribution is 9.10. The van der Waals surface area contributed by atoms with Gasteiger partial charge in [0, 0.05) is 18.7 Å². The van der Waals surface area contributed by atoms with Crippen LogP contribution in [-0.2, 0) is 6.54 Å². The van der Waals surface area contributed by atoms with Gasteiger partial charge in [-0.2, -0.15) is 0 Å². The van der Waals surface area contributed by atoms with Crippen LogP contribution in [0, 0.1) is 10.1 Å². The van der Waals surface area contributed by atoms with Gasteiger partial charge in [-0.1, -0.05) is 31.9 Å². The Morgan fingerprint density at radius 3 is 2.95 bits per heavy atom. The number of hydrogen-bond acceptors (Lipinski definition) is 3. The quantitative estimate of drug-likeness (QED) is 0.585. The zero-order chi connectivity index (χ0) is 14.5. The van der Waals surface area contributed by atoms with Gasteiger partial charge in [0.15, 0.2) is 0 Å². The summed E-state index contributed by atoms with van der Waals surface area (Å²) >= 11 is 3.40. The molecule has 1 aromatic carbocycles. The standard InChI is InChI=1S/C15H21BrN2O2/c1-2-6-13-8-3-4-10-17(13)11-12-7-5-9-14(15(12)16)18(19)20/h5,7,9,13H,2-4,6,8,10-11H2,1H3. The Bertz CT molecular complexity index is 477. The minimum atomic E-state index is -0.326. The Labute approximate surface area is 128 Å². The van der Waals surface area contributed by atoms with Crippen molar-refractivity contribution in [2.45, 2.75) is 51.6 Å². The molecule has 0 radical (unpaired) electrons. The summed E-state index contributed by atoms with van der Waals surface area (Å²) < 4.78 is 0.630. The first-order chi connectivity index (χ1) is 9.63. The molecular formula is C15H21BrN2O2. The van der Waals surface area contributed by atoms with Gasteiger partial charge in [-0.3, -0.25) is 15.0 Å². The van der Waals surface area contributed by atoms with Crippen LogP contribution in [0.5, 0.6) is 0 Å². The molecule has 1 saturated heterocycles. The van der Waals surface area contributed by atoms with Crippen LogP contribution in [0.4, 0.5) is 5.69 Å². The first kappa shape index (κ1) is 15.4. The van der Waals surface area contributed by atoms with Gasteiger partial charge < -0.3 is 0 Å². The van der Waals surface area contributed by atoms with Crippen LogP contribution < -0.4 is 0 Å². The summed E-state index contributed by atoms with van der Waals surface area (Å²) in [5.74, 6) is 0.